The van der Waals surface area contributed by atoms with Crippen LogP contribution < -0.4 is 14.8 Å². The van der Waals surface area contributed by atoms with Gasteiger partial charge in [0.05, 0.1) is 6.20 Å². The third kappa shape index (κ3) is 5.36. The van der Waals surface area contributed by atoms with E-state index in [9.17, 15) is 18.0 Å². The zero-order valence-corrected chi connectivity index (χ0v) is 16.6. The summed E-state index contributed by atoms with van der Waals surface area (Å²) in [6.07, 6.45) is -1.52. The number of hydrogen-bond donors (Lipinski definition) is 3. The van der Waals surface area contributed by atoms with Gasteiger partial charge in [0.25, 0.3) is 5.91 Å². The molecule has 0 spiro atoms. The predicted molar refractivity (Wildman–Crippen MR) is 107 cm³/mol. The fourth-order valence-electron chi connectivity index (χ4n) is 2.67. The van der Waals surface area contributed by atoms with Gasteiger partial charge >= 0.3 is 12.1 Å². The van der Waals surface area contributed by atoms with Crippen molar-refractivity contribution in [1.29, 1.82) is 0 Å². The predicted octanol–water partition coefficient (Wildman–Crippen LogP) is 3.88. The maximum atomic E-state index is 12.7. The molecule has 1 aliphatic heterocycles. The molecule has 2 aromatic carbocycles. The van der Waals surface area contributed by atoms with Crippen LogP contribution in [0, 0.1) is 0 Å². The quantitative estimate of drug-likeness (QED) is 0.559. The molecule has 4 rings (SSSR count). The lowest BCUT2D eigenvalue weighted by Gasteiger charge is -2.34. The molecular weight excluding hydrogens is 431 g/mol. The number of alkyl halides is 3. The van der Waals surface area contributed by atoms with Crippen LogP contribution in [-0.2, 0) is 9.59 Å². The second-order valence-corrected chi connectivity index (χ2v) is 6.89. The third-order valence-corrected chi connectivity index (χ3v) is 4.38. The van der Waals surface area contributed by atoms with E-state index in [1.54, 1.807) is 19.2 Å². The van der Waals surface area contributed by atoms with E-state index in [2.05, 4.69) is 15.5 Å². The number of fused-ring (bicyclic) bond motifs is 1. The fourth-order valence-corrected chi connectivity index (χ4v) is 2.67. The molecule has 8 nitrogen and oxygen atoms in total. The molecule has 1 aliphatic rings. The number of ether oxygens (including phenoxy) is 2. The first-order chi connectivity index (χ1) is 15.1. The van der Waals surface area contributed by atoms with E-state index < -0.39 is 17.7 Å². The van der Waals surface area contributed by atoms with Gasteiger partial charge in [-0.05, 0) is 36.8 Å². The Balaban J connectivity index is 0.000000360. The van der Waals surface area contributed by atoms with Gasteiger partial charge in [-0.1, -0.05) is 24.3 Å². The summed E-state index contributed by atoms with van der Waals surface area (Å²) in [4.78, 5) is 21.6. The minimum atomic E-state index is -5.08. The highest BCUT2D eigenvalue weighted by Crippen LogP contribution is 2.35. The average molecular weight is 449 g/mol. The van der Waals surface area contributed by atoms with Crippen LogP contribution in [0.25, 0.3) is 11.1 Å². The van der Waals surface area contributed by atoms with Crippen molar-refractivity contribution in [3.8, 4) is 22.6 Å². The molecule has 0 aliphatic carbocycles. The number of aromatic amines is 1. The second-order valence-electron chi connectivity index (χ2n) is 6.89. The second kappa shape index (κ2) is 9.00. The zero-order chi connectivity index (χ0) is 23.4. The summed E-state index contributed by atoms with van der Waals surface area (Å²) in [7, 11) is 0. The zero-order valence-electron chi connectivity index (χ0n) is 16.6. The Morgan fingerprint density at radius 1 is 1.09 bits per heavy atom. The summed E-state index contributed by atoms with van der Waals surface area (Å²) in [6, 6.07) is 14.9. The molecule has 0 saturated carbocycles. The Kier molecular flexibility index (Phi) is 6.37. The number of hydrogen-bond acceptors (Lipinski definition) is 5. The molecule has 1 atom stereocenters. The van der Waals surface area contributed by atoms with Gasteiger partial charge < -0.3 is 19.9 Å². The highest BCUT2D eigenvalue weighted by molar-refractivity contribution is 5.97. The Morgan fingerprint density at radius 3 is 2.28 bits per heavy atom. The molecule has 0 radical (unpaired) electrons. The number of carbonyl (C=O) groups is 2. The molecule has 1 aromatic heterocycles. The third-order valence-electron chi connectivity index (χ3n) is 4.38. The van der Waals surface area contributed by atoms with Crippen molar-refractivity contribution in [2.45, 2.75) is 18.7 Å². The van der Waals surface area contributed by atoms with Crippen molar-refractivity contribution in [2.24, 2.45) is 0 Å². The van der Waals surface area contributed by atoms with Crippen molar-refractivity contribution >= 4 is 17.6 Å². The summed E-state index contributed by atoms with van der Waals surface area (Å²) in [6.45, 7) is 1.88. The Labute approximate surface area is 180 Å². The molecule has 1 unspecified atom stereocenters. The molecule has 0 bridgehead atoms. The first kappa shape index (κ1) is 22.7. The Bertz CT molecular complexity index is 1080. The van der Waals surface area contributed by atoms with E-state index in [1.165, 1.54) is 0 Å². The van der Waals surface area contributed by atoms with Gasteiger partial charge in [-0.25, -0.2) is 4.79 Å². The van der Waals surface area contributed by atoms with Crippen LogP contribution in [0.1, 0.15) is 6.92 Å². The summed E-state index contributed by atoms with van der Waals surface area (Å²) in [5, 5.41) is 16.7. The molecule has 3 aromatic rings. The first-order valence-electron chi connectivity index (χ1n) is 9.20. The Hall–Kier alpha value is -4.02. The van der Waals surface area contributed by atoms with Gasteiger partial charge in [0.1, 0.15) is 6.61 Å². The average Bonchev–Trinajstić information content (AvgIpc) is 3.29. The number of carbonyl (C=O) groups excluding carboxylic acids is 1. The monoisotopic (exact) mass is 449 g/mol. The molecule has 2 heterocycles. The molecular formula is C21H18F3N3O5. The van der Waals surface area contributed by atoms with E-state index in [-0.39, 0.29) is 12.5 Å². The first-order valence-corrected chi connectivity index (χ1v) is 9.20. The lowest BCUT2D eigenvalue weighted by Crippen LogP contribution is -2.52. The van der Waals surface area contributed by atoms with Crippen LogP contribution in [0.2, 0.25) is 0 Å². The molecule has 11 heteroatoms. The smallest absolute Gasteiger partial charge is 0.485 e. The number of carboxylic acids is 1. The van der Waals surface area contributed by atoms with Gasteiger partial charge in [0.15, 0.2) is 11.5 Å². The van der Waals surface area contributed by atoms with Gasteiger partial charge in [0, 0.05) is 17.4 Å². The molecule has 1 amide bonds. The summed E-state index contributed by atoms with van der Waals surface area (Å²) >= 11 is 0. The standard InChI is InChI=1S/C19H17N3O3.C2HF3O2/c1-19(12-24-16-4-2-3-5-17(16)25-19)18(23)22-15-8-6-13(7-9-15)14-10-20-21-11-14;3-2(4,5)1(6)7/h2-11H,12H2,1H3,(H,20,21)(H,22,23);(H,6,7). The SMILES string of the molecule is CC1(C(=O)Nc2ccc(-c3cn[nH]c3)cc2)COc2ccccc2O1.O=C(O)C(F)(F)F. The number of anilines is 1. The van der Waals surface area contributed by atoms with Gasteiger partial charge in [0.2, 0.25) is 5.60 Å². The summed E-state index contributed by atoms with van der Waals surface area (Å²) in [5.74, 6) is -1.79. The van der Waals surface area contributed by atoms with Gasteiger partial charge in [-0.15, -0.1) is 0 Å². The molecule has 168 valence electrons. The number of nitrogens with zero attached hydrogens (tertiary/aromatic N) is 1. The summed E-state index contributed by atoms with van der Waals surface area (Å²) in [5.41, 5.74) is 1.62. The van der Waals surface area contributed by atoms with E-state index in [4.69, 9.17) is 19.4 Å². The van der Waals surface area contributed by atoms with Crippen LogP contribution in [0.4, 0.5) is 18.9 Å². The normalized spacial score (nSPS) is 17.0. The lowest BCUT2D eigenvalue weighted by atomic mass is 10.0. The van der Waals surface area contributed by atoms with Crippen LogP contribution in [0.15, 0.2) is 60.9 Å². The number of carboxylic acid groups (broad SMARTS) is 1. The number of nitrogens with one attached hydrogen (secondary N) is 2. The van der Waals surface area contributed by atoms with Crippen LogP contribution in [-0.4, -0.2) is 45.6 Å². The summed E-state index contributed by atoms with van der Waals surface area (Å²) < 4.78 is 43.3. The van der Waals surface area contributed by atoms with Crippen molar-refractivity contribution in [1.82, 2.24) is 10.2 Å². The molecule has 0 saturated heterocycles. The van der Waals surface area contributed by atoms with Crippen molar-refractivity contribution in [3.63, 3.8) is 0 Å². The minimum absolute atomic E-state index is 0.156. The largest absolute Gasteiger partial charge is 0.490 e. The van der Waals surface area contributed by atoms with E-state index >= 15 is 0 Å². The maximum Gasteiger partial charge on any atom is 0.490 e. The number of rotatable bonds is 3. The van der Waals surface area contributed by atoms with Gasteiger partial charge in [-0.2, -0.15) is 18.3 Å². The lowest BCUT2D eigenvalue weighted by molar-refractivity contribution is -0.192. The number of aliphatic carboxylic acids is 1. The Morgan fingerprint density at radius 2 is 1.72 bits per heavy atom. The molecule has 0 fully saturated rings. The number of halogens is 3. The number of H-pyrrole nitrogens is 1. The highest BCUT2D eigenvalue weighted by atomic mass is 19.4. The highest BCUT2D eigenvalue weighted by Gasteiger charge is 2.40. The van der Waals surface area contributed by atoms with Crippen molar-refractivity contribution in [2.75, 3.05) is 11.9 Å². The van der Waals surface area contributed by atoms with Crippen molar-refractivity contribution in [3.05, 3.63) is 60.9 Å². The van der Waals surface area contributed by atoms with E-state index in [0.29, 0.717) is 17.2 Å². The van der Waals surface area contributed by atoms with E-state index in [0.717, 1.165) is 11.1 Å². The number of aromatic nitrogens is 2. The maximum absolute atomic E-state index is 12.7. The number of benzene rings is 2. The van der Waals surface area contributed by atoms with Crippen molar-refractivity contribution < 1.29 is 37.3 Å². The van der Waals surface area contributed by atoms with Crippen LogP contribution in [0.3, 0.4) is 0 Å². The molecule has 32 heavy (non-hydrogen) atoms. The number of amides is 1. The van der Waals surface area contributed by atoms with Crippen LogP contribution in [0.5, 0.6) is 11.5 Å². The minimum Gasteiger partial charge on any atom is -0.485 e. The van der Waals surface area contributed by atoms with Gasteiger partial charge in [-0.3, -0.25) is 9.89 Å². The molecule has 3 N–H and O–H groups in total. The van der Waals surface area contributed by atoms with Crippen LogP contribution >= 0.6 is 0 Å². The topological polar surface area (TPSA) is 114 Å². The number of para-hydroxylation sites is 2. The van der Waals surface area contributed by atoms with E-state index in [1.807, 2.05) is 48.7 Å². The fraction of sp³-hybridized carbons (Fsp3) is 0.190.